The van der Waals surface area contributed by atoms with E-state index in [1.807, 2.05) is 0 Å². The van der Waals surface area contributed by atoms with Gasteiger partial charge in [-0.25, -0.2) is 9.78 Å². The fourth-order valence-corrected chi connectivity index (χ4v) is 2.15. The highest BCUT2D eigenvalue weighted by Gasteiger charge is 2.33. The van der Waals surface area contributed by atoms with Gasteiger partial charge in [0.05, 0.1) is 24.9 Å². The molecule has 1 aromatic heterocycles. The third-order valence-corrected chi connectivity index (χ3v) is 3.26. The lowest BCUT2D eigenvalue weighted by Gasteiger charge is -2.12. The van der Waals surface area contributed by atoms with Crippen LogP contribution in [0.5, 0.6) is 5.88 Å². The summed E-state index contributed by atoms with van der Waals surface area (Å²) in [5.74, 6) is -0.940. The van der Waals surface area contributed by atoms with Crippen LogP contribution >= 0.6 is 0 Å². The average molecular weight is 371 g/mol. The van der Waals surface area contributed by atoms with Gasteiger partial charge in [-0.1, -0.05) is 18.2 Å². The van der Waals surface area contributed by atoms with Crippen molar-refractivity contribution in [1.82, 2.24) is 9.55 Å². The molecule has 2 rings (SSSR count). The number of rotatable bonds is 5. The molecule has 0 aliphatic rings. The van der Waals surface area contributed by atoms with E-state index in [1.165, 1.54) is 36.1 Å². The zero-order valence-corrected chi connectivity index (χ0v) is 14.0. The number of nitrogens with one attached hydrogen (secondary N) is 1. The molecular formula is C16H16F3N3O4. The summed E-state index contributed by atoms with van der Waals surface area (Å²) in [5.41, 5.74) is -1.07. The average Bonchev–Trinajstić information content (AvgIpc) is 2.87. The van der Waals surface area contributed by atoms with Gasteiger partial charge in [-0.15, -0.1) is 0 Å². The Balaban J connectivity index is 2.14. The van der Waals surface area contributed by atoms with Crippen molar-refractivity contribution >= 4 is 17.9 Å². The smallest absolute Gasteiger partial charge is 0.434 e. The molecule has 10 heteroatoms. The number of carbonyl (C=O) groups excluding carboxylic acids is 2. The number of alkyl halides is 3. The first-order chi connectivity index (χ1) is 12.2. The Kier molecular flexibility index (Phi) is 5.86. The number of aromatic nitrogens is 2. The molecule has 2 aromatic rings. The van der Waals surface area contributed by atoms with E-state index < -0.39 is 30.2 Å². The normalized spacial score (nSPS) is 11.1. The third kappa shape index (κ3) is 4.74. The van der Waals surface area contributed by atoms with Crippen LogP contribution in [0.25, 0.3) is 0 Å². The Hall–Kier alpha value is -3.04. The van der Waals surface area contributed by atoms with E-state index in [0.29, 0.717) is 0 Å². The highest BCUT2D eigenvalue weighted by molar-refractivity contribution is 5.93. The Morgan fingerprint density at radius 3 is 2.62 bits per heavy atom. The molecule has 1 N–H and O–H groups in total. The van der Waals surface area contributed by atoms with Gasteiger partial charge in [0.2, 0.25) is 5.91 Å². The molecule has 0 radical (unpaired) electrons. The number of anilines is 1. The zero-order valence-electron chi connectivity index (χ0n) is 14.0. The van der Waals surface area contributed by atoms with Crippen molar-refractivity contribution in [3.8, 4) is 5.88 Å². The van der Waals surface area contributed by atoms with Crippen LogP contribution in [0.2, 0.25) is 0 Å². The number of ether oxygens (including phenoxy) is 2. The van der Waals surface area contributed by atoms with Gasteiger partial charge in [-0.3, -0.25) is 4.79 Å². The van der Waals surface area contributed by atoms with Crippen LogP contribution in [-0.4, -0.2) is 28.2 Å². The number of halogens is 3. The van der Waals surface area contributed by atoms with E-state index in [1.54, 1.807) is 6.92 Å². The molecule has 140 valence electrons. The molecule has 1 aromatic carbocycles. The minimum Gasteiger partial charge on any atom is -0.434 e. The van der Waals surface area contributed by atoms with Crippen molar-refractivity contribution < 1.29 is 32.2 Å². The topological polar surface area (TPSA) is 82.4 Å². The summed E-state index contributed by atoms with van der Waals surface area (Å²) < 4.78 is 49.9. The minimum atomic E-state index is -4.57. The molecule has 0 atom stereocenters. The van der Waals surface area contributed by atoms with Gasteiger partial charge in [0.1, 0.15) is 0 Å². The van der Waals surface area contributed by atoms with Gasteiger partial charge < -0.3 is 19.4 Å². The summed E-state index contributed by atoms with van der Waals surface area (Å²) in [5, 5.41) is 2.33. The number of hydrogen-bond donors (Lipinski definition) is 1. The number of nitrogens with zero attached hydrogens (tertiary/aromatic N) is 2. The first-order valence-electron chi connectivity index (χ1n) is 7.53. The van der Waals surface area contributed by atoms with Gasteiger partial charge in [-0.05, 0) is 18.6 Å². The van der Waals surface area contributed by atoms with E-state index in [-0.39, 0.29) is 23.9 Å². The van der Waals surface area contributed by atoms with Gasteiger partial charge >= 0.3 is 12.3 Å². The molecule has 0 spiro atoms. The van der Waals surface area contributed by atoms with Crippen LogP contribution in [0.4, 0.5) is 23.8 Å². The lowest BCUT2D eigenvalue weighted by atomic mass is 10.0. The Labute approximate surface area is 146 Å². The number of imidazole rings is 1. The third-order valence-electron chi connectivity index (χ3n) is 3.26. The molecule has 0 bridgehead atoms. The summed E-state index contributed by atoms with van der Waals surface area (Å²) >= 11 is 0. The summed E-state index contributed by atoms with van der Waals surface area (Å²) in [7, 11) is 1.51. The van der Waals surface area contributed by atoms with Crippen molar-refractivity contribution in [3.63, 3.8) is 0 Å². The van der Waals surface area contributed by atoms with Crippen molar-refractivity contribution in [3.05, 3.63) is 41.7 Å². The number of hydrogen-bond acceptors (Lipinski definition) is 5. The molecule has 0 saturated carbocycles. The lowest BCUT2D eigenvalue weighted by molar-refractivity contribution is -0.138. The Morgan fingerprint density at radius 1 is 1.27 bits per heavy atom. The second-order valence-electron chi connectivity index (χ2n) is 5.17. The molecule has 1 heterocycles. The number of carbonyl (C=O) groups is 2. The molecule has 7 nitrogen and oxygen atoms in total. The van der Waals surface area contributed by atoms with Crippen molar-refractivity contribution in [2.24, 2.45) is 7.05 Å². The van der Waals surface area contributed by atoms with E-state index >= 15 is 0 Å². The molecule has 0 aliphatic carbocycles. The van der Waals surface area contributed by atoms with E-state index in [4.69, 9.17) is 4.74 Å². The molecule has 26 heavy (non-hydrogen) atoms. The summed E-state index contributed by atoms with van der Waals surface area (Å²) in [4.78, 5) is 27.4. The van der Waals surface area contributed by atoms with Gasteiger partial charge in [-0.2, -0.15) is 13.2 Å². The van der Waals surface area contributed by atoms with Crippen LogP contribution in [0.3, 0.4) is 0 Å². The summed E-state index contributed by atoms with van der Waals surface area (Å²) in [6.45, 7) is 1.68. The van der Waals surface area contributed by atoms with E-state index in [9.17, 15) is 22.8 Å². The first-order valence-corrected chi connectivity index (χ1v) is 7.53. The maximum atomic E-state index is 13.0. The molecule has 0 unspecified atom stereocenters. The molecule has 0 saturated heterocycles. The van der Waals surface area contributed by atoms with Crippen molar-refractivity contribution in [2.75, 3.05) is 11.9 Å². The monoisotopic (exact) mass is 371 g/mol. The number of amides is 1. The van der Waals surface area contributed by atoms with Gasteiger partial charge in [0.15, 0.2) is 5.82 Å². The fraction of sp³-hybridized carbons (Fsp3) is 0.312. The van der Waals surface area contributed by atoms with Gasteiger partial charge in [0, 0.05) is 7.05 Å². The highest BCUT2D eigenvalue weighted by Crippen LogP contribution is 2.32. The van der Waals surface area contributed by atoms with Crippen molar-refractivity contribution in [1.29, 1.82) is 0 Å². The minimum absolute atomic E-state index is 0.0899. The van der Waals surface area contributed by atoms with E-state index in [0.717, 1.165) is 6.07 Å². The fourth-order valence-electron chi connectivity index (χ4n) is 2.15. The standard InChI is InChI=1S/C16H16F3N3O4/c1-3-25-15(24)26-14-13(20-9-22(14)2)21-12(23)8-10-6-4-5-7-11(10)16(17,18)19/h4-7,9H,3,8H2,1-2H3,(H,21,23). The molecule has 0 fully saturated rings. The van der Waals surface area contributed by atoms with Crippen LogP contribution in [0.15, 0.2) is 30.6 Å². The Bertz CT molecular complexity index is 802. The van der Waals surface area contributed by atoms with Crippen molar-refractivity contribution in [2.45, 2.75) is 19.5 Å². The number of aryl methyl sites for hydroxylation is 1. The van der Waals surface area contributed by atoms with E-state index in [2.05, 4.69) is 15.0 Å². The second kappa shape index (κ2) is 7.89. The predicted octanol–water partition coefficient (Wildman–Crippen LogP) is 3.16. The van der Waals surface area contributed by atoms with Crippen LogP contribution in [-0.2, 0) is 29.2 Å². The maximum absolute atomic E-state index is 13.0. The van der Waals surface area contributed by atoms with Crippen LogP contribution < -0.4 is 10.1 Å². The first kappa shape index (κ1) is 19.3. The summed E-state index contributed by atoms with van der Waals surface area (Å²) in [6.07, 6.45) is -4.81. The summed E-state index contributed by atoms with van der Waals surface area (Å²) in [6, 6.07) is 4.78. The quantitative estimate of drug-likeness (QED) is 0.817. The zero-order chi connectivity index (χ0) is 19.3. The largest absolute Gasteiger partial charge is 0.515 e. The second-order valence-corrected chi connectivity index (χ2v) is 5.17. The van der Waals surface area contributed by atoms with Gasteiger partial charge in [0.25, 0.3) is 5.88 Å². The Morgan fingerprint density at radius 2 is 1.96 bits per heavy atom. The predicted molar refractivity (Wildman–Crippen MR) is 84.6 cm³/mol. The van der Waals surface area contributed by atoms with Crippen LogP contribution in [0.1, 0.15) is 18.1 Å². The van der Waals surface area contributed by atoms with Crippen LogP contribution in [0, 0.1) is 0 Å². The maximum Gasteiger partial charge on any atom is 0.515 e. The SMILES string of the molecule is CCOC(=O)Oc1c(NC(=O)Cc2ccccc2C(F)(F)F)ncn1C. The molecule has 1 amide bonds. The highest BCUT2D eigenvalue weighted by atomic mass is 19.4. The molecule has 0 aliphatic heterocycles. The molecular weight excluding hydrogens is 355 g/mol. The lowest BCUT2D eigenvalue weighted by Crippen LogP contribution is -2.19. The number of benzene rings is 1.